The first-order valence-electron chi connectivity index (χ1n) is 9.59. The molecule has 152 valence electrons. The van der Waals surface area contributed by atoms with Gasteiger partial charge in [0.25, 0.3) is 0 Å². The van der Waals surface area contributed by atoms with Crippen LogP contribution in [0.2, 0.25) is 0 Å². The number of nitrogens with one attached hydrogen (secondary N) is 1. The Morgan fingerprint density at radius 2 is 1.77 bits per heavy atom. The number of hydrogen-bond acceptors (Lipinski definition) is 6. The van der Waals surface area contributed by atoms with Gasteiger partial charge in [-0.15, -0.1) is 0 Å². The highest BCUT2D eigenvalue weighted by atomic mass is 16.5. The lowest BCUT2D eigenvalue weighted by Gasteiger charge is -2.24. The molecule has 0 aliphatic rings. The second-order valence-electron chi connectivity index (χ2n) is 6.93. The van der Waals surface area contributed by atoms with Crippen LogP contribution in [0.15, 0.2) is 66.9 Å². The third-order valence-electron chi connectivity index (χ3n) is 5.02. The molecule has 0 unspecified atom stereocenters. The number of rotatable bonds is 6. The molecule has 0 fully saturated rings. The SMILES string of the molecule is COc1ccc([C@@H](Nc2cccc(C)n2)c2ccc3cccnc3c2O)c(OC)c1. The lowest BCUT2D eigenvalue weighted by Crippen LogP contribution is -2.15. The number of methoxy groups -OCH3 is 2. The highest BCUT2D eigenvalue weighted by molar-refractivity contribution is 5.86. The van der Waals surface area contributed by atoms with Crippen LogP contribution in [0.5, 0.6) is 17.2 Å². The first-order valence-corrected chi connectivity index (χ1v) is 9.59. The number of anilines is 1. The van der Waals surface area contributed by atoms with Crippen molar-refractivity contribution in [2.75, 3.05) is 19.5 Å². The molecule has 2 aromatic heterocycles. The molecule has 0 aliphatic carbocycles. The molecule has 2 aromatic carbocycles. The number of aromatic hydroxyl groups is 1. The predicted octanol–water partition coefficient (Wildman–Crippen LogP) is 4.86. The molecule has 2 N–H and O–H groups in total. The maximum Gasteiger partial charge on any atom is 0.147 e. The van der Waals surface area contributed by atoms with Crippen LogP contribution in [0.1, 0.15) is 22.9 Å². The molecule has 4 rings (SSSR count). The number of pyridine rings is 2. The lowest BCUT2D eigenvalue weighted by molar-refractivity contribution is 0.390. The van der Waals surface area contributed by atoms with Gasteiger partial charge < -0.3 is 19.9 Å². The molecule has 0 saturated heterocycles. The number of phenols is 1. The highest BCUT2D eigenvalue weighted by Crippen LogP contribution is 2.40. The van der Waals surface area contributed by atoms with Crippen molar-refractivity contribution in [2.24, 2.45) is 0 Å². The number of benzene rings is 2. The van der Waals surface area contributed by atoms with Gasteiger partial charge >= 0.3 is 0 Å². The number of aromatic nitrogens is 2. The minimum Gasteiger partial charge on any atom is -0.505 e. The molecular weight excluding hydrogens is 378 g/mol. The summed E-state index contributed by atoms with van der Waals surface area (Å²) in [5, 5.41) is 15.4. The summed E-state index contributed by atoms with van der Waals surface area (Å²) in [6, 6.07) is 18.6. The quantitative estimate of drug-likeness (QED) is 0.480. The highest BCUT2D eigenvalue weighted by Gasteiger charge is 2.24. The molecule has 0 bridgehead atoms. The number of fused-ring (bicyclic) bond motifs is 1. The van der Waals surface area contributed by atoms with E-state index in [1.54, 1.807) is 20.4 Å². The van der Waals surface area contributed by atoms with Crippen LogP contribution in [0, 0.1) is 6.92 Å². The van der Waals surface area contributed by atoms with Crippen molar-refractivity contribution in [3.8, 4) is 17.2 Å². The summed E-state index contributed by atoms with van der Waals surface area (Å²) in [5.41, 5.74) is 2.96. The average Bonchev–Trinajstić information content (AvgIpc) is 2.78. The molecule has 1 atom stereocenters. The number of nitrogens with zero attached hydrogens (tertiary/aromatic N) is 2. The average molecular weight is 401 g/mol. The maximum atomic E-state index is 11.1. The first-order chi connectivity index (χ1) is 14.6. The fourth-order valence-corrected chi connectivity index (χ4v) is 3.53. The second kappa shape index (κ2) is 8.29. The second-order valence-corrected chi connectivity index (χ2v) is 6.93. The summed E-state index contributed by atoms with van der Waals surface area (Å²) in [6.45, 7) is 1.94. The van der Waals surface area contributed by atoms with E-state index in [1.165, 1.54) is 0 Å². The first kappa shape index (κ1) is 19.5. The van der Waals surface area contributed by atoms with E-state index in [0.29, 0.717) is 28.4 Å². The van der Waals surface area contributed by atoms with Gasteiger partial charge in [0, 0.05) is 34.5 Å². The molecular formula is C24H23N3O3. The summed E-state index contributed by atoms with van der Waals surface area (Å²) >= 11 is 0. The maximum absolute atomic E-state index is 11.1. The van der Waals surface area contributed by atoms with E-state index in [9.17, 15) is 5.11 Å². The van der Waals surface area contributed by atoms with E-state index in [4.69, 9.17) is 9.47 Å². The number of hydrogen-bond donors (Lipinski definition) is 2. The summed E-state index contributed by atoms with van der Waals surface area (Å²) in [7, 11) is 3.23. The fourth-order valence-electron chi connectivity index (χ4n) is 3.53. The molecule has 2 heterocycles. The Morgan fingerprint density at radius 1 is 0.933 bits per heavy atom. The van der Waals surface area contributed by atoms with Gasteiger partial charge in [0.1, 0.15) is 28.6 Å². The molecule has 30 heavy (non-hydrogen) atoms. The Balaban J connectivity index is 1.89. The van der Waals surface area contributed by atoms with Gasteiger partial charge in [-0.3, -0.25) is 4.98 Å². The van der Waals surface area contributed by atoms with E-state index < -0.39 is 6.04 Å². The summed E-state index contributed by atoms with van der Waals surface area (Å²) in [6.07, 6.45) is 1.67. The van der Waals surface area contributed by atoms with Crippen molar-refractivity contribution < 1.29 is 14.6 Å². The fraction of sp³-hybridized carbons (Fsp3) is 0.167. The number of ether oxygens (including phenoxy) is 2. The molecule has 0 aliphatic heterocycles. The minimum atomic E-state index is -0.424. The number of phenolic OH excluding ortho intramolecular Hbond substituents is 1. The van der Waals surface area contributed by atoms with Crippen LogP contribution in [-0.2, 0) is 0 Å². The van der Waals surface area contributed by atoms with Gasteiger partial charge in [-0.1, -0.05) is 24.3 Å². The predicted molar refractivity (Wildman–Crippen MR) is 117 cm³/mol. The van der Waals surface area contributed by atoms with Crippen LogP contribution in [-0.4, -0.2) is 29.3 Å². The standard InChI is InChI=1S/C24H23N3O3/c1-15-6-4-8-21(26-15)27-23(18-12-10-17(29-2)14-20(18)30-3)19-11-9-16-7-5-13-25-22(16)24(19)28/h4-14,23,28H,1-3H3,(H,26,27)/t23-/m1/s1. The van der Waals surface area contributed by atoms with E-state index in [0.717, 1.165) is 16.6 Å². The van der Waals surface area contributed by atoms with Crippen molar-refractivity contribution in [1.82, 2.24) is 9.97 Å². The van der Waals surface area contributed by atoms with E-state index >= 15 is 0 Å². The normalized spacial score (nSPS) is 11.8. The smallest absolute Gasteiger partial charge is 0.147 e. The molecule has 6 heteroatoms. The Morgan fingerprint density at radius 3 is 2.53 bits per heavy atom. The number of aryl methyl sites for hydroxylation is 1. The van der Waals surface area contributed by atoms with Crippen LogP contribution >= 0.6 is 0 Å². The van der Waals surface area contributed by atoms with Crippen molar-refractivity contribution >= 4 is 16.7 Å². The van der Waals surface area contributed by atoms with Crippen molar-refractivity contribution in [1.29, 1.82) is 0 Å². The Bertz CT molecular complexity index is 1190. The van der Waals surface area contributed by atoms with Crippen LogP contribution < -0.4 is 14.8 Å². The van der Waals surface area contributed by atoms with Crippen molar-refractivity contribution in [3.63, 3.8) is 0 Å². The zero-order valence-corrected chi connectivity index (χ0v) is 17.1. The van der Waals surface area contributed by atoms with Gasteiger partial charge in [0.2, 0.25) is 0 Å². The van der Waals surface area contributed by atoms with Gasteiger partial charge in [-0.05, 0) is 37.3 Å². The zero-order chi connectivity index (χ0) is 21.1. The Labute approximate surface area is 175 Å². The molecule has 4 aromatic rings. The molecule has 0 spiro atoms. The third kappa shape index (κ3) is 3.72. The Hall–Kier alpha value is -3.80. The molecule has 0 amide bonds. The molecule has 0 saturated carbocycles. The van der Waals surface area contributed by atoms with E-state index in [-0.39, 0.29) is 5.75 Å². The Kier molecular flexibility index (Phi) is 5.39. The van der Waals surface area contributed by atoms with Crippen LogP contribution in [0.4, 0.5) is 5.82 Å². The zero-order valence-electron chi connectivity index (χ0n) is 17.1. The van der Waals surface area contributed by atoms with Crippen molar-refractivity contribution in [2.45, 2.75) is 13.0 Å². The van der Waals surface area contributed by atoms with Gasteiger partial charge in [-0.2, -0.15) is 0 Å². The van der Waals surface area contributed by atoms with E-state index in [2.05, 4.69) is 15.3 Å². The summed E-state index contributed by atoms with van der Waals surface area (Å²) in [5.74, 6) is 2.14. The minimum absolute atomic E-state index is 0.121. The summed E-state index contributed by atoms with van der Waals surface area (Å²) < 4.78 is 11.0. The molecule has 0 radical (unpaired) electrons. The monoisotopic (exact) mass is 401 g/mol. The summed E-state index contributed by atoms with van der Waals surface area (Å²) in [4.78, 5) is 8.94. The van der Waals surface area contributed by atoms with Crippen LogP contribution in [0.3, 0.4) is 0 Å². The topological polar surface area (TPSA) is 76.5 Å². The van der Waals surface area contributed by atoms with E-state index in [1.807, 2.05) is 67.6 Å². The van der Waals surface area contributed by atoms with Gasteiger partial charge in [0.15, 0.2) is 0 Å². The van der Waals surface area contributed by atoms with Crippen LogP contribution in [0.25, 0.3) is 10.9 Å². The van der Waals surface area contributed by atoms with Gasteiger partial charge in [0.05, 0.1) is 20.3 Å². The third-order valence-corrected chi connectivity index (χ3v) is 5.02. The molecule has 6 nitrogen and oxygen atoms in total. The lowest BCUT2D eigenvalue weighted by atomic mass is 9.95. The van der Waals surface area contributed by atoms with Gasteiger partial charge in [-0.25, -0.2) is 4.98 Å². The van der Waals surface area contributed by atoms with Crippen molar-refractivity contribution in [3.05, 3.63) is 83.7 Å². The largest absolute Gasteiger partial charge is 0.505 e.